The van der Waals surface area contributed by atoms with Gasteiger partial charge in [-0.15, -0.1) is 0 Å². The molecule has 2 aliphatic rings. The number of ether oxygens (including phenoxy) is 2. The second kappa shape index (κ2) is 7.36. The molecule has 7 heteroatoms. The van der Waals surface area contributed by atoms with Crippen LogP contribution in [0.1, 0.15) is 13.8 Å². The second-order valence-electron chi connectivity index (χ2n) is 6.36. The average Bonchev–Trinajstić information content (AvgIpc) is 2.55. The molecule has 2 heterocycles. The topological polar surface area (TPSA) is 54.0 Å². The third-order valence-electron chi connectivity index (χ3n) is 4.26. The van der Waals surface area contributed by atoms with Gasteiger partial charge in [-0.2, -0.15) is 0 Å². The number of carbonyl (C=O) groups is 1. The van der Waals surface area contributed by atoms with Gasteiger partial charge in [-0.25, -0.2) is 9.18 Å². The Balaban J connectivity index is 1.67. The van der Waals surface area contributed by atoms with E-state index in [0.29, 0.717) is 50.8 Å². The van der Waals surface area contributed by atoms with Crippen LogP contribution in [0.25, 0.3) is 0 Å². The molecule has 3 rings (SSSR count). The molecule has 0 bridgehead atoms. The Morgan fingerprint density at radius 3 is 2.50 bits per heavy atom. The summed E-state index contributed by atoms with van der Waals surface area (Å²) in [6.45, 7) is 7.45. The van der Waals surface area contributed by atoms with E-state index in [4.69, 9.17) is 9.47 Å². The van der Waals surface area contributed by atoms with Crippen LogP contribution in [0.2, 0.25) is 0 Å². The van der Waals surface area contributed by atoms with E-state index in [-0.39, 0.29) is 24.1 Å². The molecule has 2 atom stereocenters. The highest BCUT2D eigenvalue weighted by atomic mass is 19.1. The highest BCUT2D eigenvalue weighted by Crippen LogP contribution is 2.26. The largest absolute Gasteiger partial charge is 0.378 e. The molecule has 132 valence electrons. The Hall–Kier alpha value is -1.86. The van der Waals surface area contributed by atoms with Crippen molar-refractivity contribution in [3.05, 3.63) is 24.0 Å². The molecule has 2 aliphatic heterocycles. The summed E-state index contributed by atoms with van der Waals surface area (Å²) in [6.07, 6.45) is 0.127. The Morgan fingerprint density at radius 2 is 1.88 bits per heavy atom. The number of hydrogen-bond acceptors (Lipinski definition) is 4. The van der Waals surface area contributed by atoms with Gasteiger partial charge < -0.3 is 24.6 Å². The van der Waals surface area contributed by atoms with E-state index in [1.807, 2.05) is 18.7 Å². The number of rotatable bonds is 2. The number of nitrogens with one attached hydrogen (secondary N) is 1. The number of nitrogens with zero attached hydrogens (tertiary/aromatic N) is 2. The zero-order chi connectivity index (χ0) is 17.1. The fourth-order valence-corrected chi connectivity index (χ4v) is 3.18. The molecule has 1 aromatic rings. The molecule has 0 saturated carbocycles. The number of carbonyl (C=O) groups excluding carboxylic acids is 1. The van der Waals surface area contributed by atoms with E-state index >= 15 is 0 Å². The lowest BCUT2D eigenvalue weighted by molar-refractivity contribution is -0.00539. The van der Waals surface area contributed by atoms with Gasteiger partial charge in [0.1, 0.15) is 5.82 Å². The Kier molecular flexibility index (Phi) is 5.20. The van der Waals surface area contributed by atoms with Crippen LogP contribution in [-0.2, 0) is 9.47 Å². The first-order valence-electron chi connectivity index (χ1n) is 8.36. The van der Waals surface area contributed by atoms with Crippen LogP contribution in [0.5, 0.6) is 0 Å². The number of benzene rings is 1. The Bertz CT molecular complexity index is 582. The third-order valence-corrected chi connectivity index (χ3v) is 4.26. The minimum atomic E-state index is -0.337. The fourth-order valence-electron chi connectivity index (χ4n) is 3.18. The van der Waals surface area contributed by atoms with Crippen molar-refractivity contribution in [2.45, 2.75) is 26.1 Å². The van der Waals surface area contributed by atoms with Crippen LogP contribution in [0.15, 0.2) is 18.2 Å². The summed E-state index contributed by atoms with van der Waals surface area (Å²) in [5, 5.41) is 2.75. The van der Waals surface area contributed by atoms with Crippen molar-refractivity contribution < 1.29 is 18.7 Å². The highest BCUT2D eigenvalue weighted by molar-refractivity contribution is 5.89. The zero-order valence-electron chi connectivity index (χ0n) is 14.1. The molecule has 2 amide bonds. The molecular formula is C17H24FN3O3. The van der Waals surface area contributed by atoms with E-state index in [9.17, 15) is 9.18 Å². The molecule has 2 saturated heterocycles. The summed E-state index contributed by atoms with van der Waals surface area (Å²) in [4.78, 5) is 15.8. The molecule has 2 fully saturated rings. The second-order valence-corrected chi connectivity index (χ2v) is 6.36. The van der Waals surface area contributed by atoms with Crippen LogP contribution in [0.4, 0.5) is 20.6 Å². The lowest BCUT2D eigenvalue weighted by Crippen LogP contribution is -2.45. The van der Waals surface area contributed by atoms with Gasteiger partial charge in [0.05, 0.1) is 31.1 Å². The van der Waals surface area contributed by atoms with Gasteiger partial charge in [-0.3, -0.25) is 0 Å². The van der Waals surface area contributed by atoms with E-state index < -0.39 is 0 Å². The van der Waals surface area contributed by atoms with Crippen molar-refractivity contribution in [3.63, 3.8) is 0 Å². The number of hydrogen-bond donors (Lipinski definition) is 1. The molecule has 24 heavy (non-hydrogen) atoms. The van der Waals surface area contributed by atoms with Crippen LogP contribution in [-0.4, -0.2) is 62.5 Å². The molecule has 0 unspecified atom stereocenters. The average molecular weight is 337 g/mol. The van der Waals surface area contributed by atoms with Crippen molar-refractivity contribution >= 4 is 17.4 Å². The first-order chi connectivity index (χ1) is 11.5. The fraction of sp³-hybridized carbons (Fsp3) is 0.588. The summed E-state index contributed by atoms with van der Waals surface area (Å²) in [6, 6.07) is 4.61. The molecule has 1 aromatic carbocycles. The normalized spacial score (nSPS) is 24.8. The monoisotopic (exact) mass is 337 g/mol. The summed E-state index contributed by atoms with van der Waals surface area (Å²) < 4.78 is 25.4. The summed E-state index contributed by atoms with van der Waals surface area (Å²) in [5.74, 6) is -0.337. The highest BCUT2D eigenvalue weighted by Gasteiger charge is 2.24. The van der Waals surface area contributed by atoms with E-state index in [2.05, 4.69) is 5.32 Å². The van der Waals surface area contributed by atoms with E-state index in [0.717, 1.165) is 0 Å². The number of anilines is 2. The molecule has 0 radical (unpaired) electrons. The van der Waals surface area contributed by atoms with E-state index in [1.165, 1.54) is 6.07 Å². The van der Waals surface area contributed by atoms with Crippen molar-refractivity contribution in [2.24, 2.45) is 0 Å². The zero-order valence-corrected chi connectivity index (χ0v) is 14.1. The number of amides is 2. The summed E-state index contributed by atoms with van der Waals surface area (Å²) >= 11 is 0. The quantitative estimate of drug-likeness (QED) is 0.900. The van der Waals surface area contributed by atoms with Gasteiger partial charge in [0, 0.05) is 31.9 Å². The minimum Gasteiger partial charge on any atom is -0.378 e. The van der Waals surface area contributed by atoms with Gasteiger partial charge >= 0.3 is 6.03 Å². The standard InChI is InChI=1S/C17H24FN3O3/c1-12-10-21(11-13(2)24-12)16-4-3-14(9-15(16)18)19-17(22)20-5-7-23-8-6-20/h3-4,9,12-13H,5-8,10-11H2,1-2H3,(H,19,22)/t12-,13+. The number of morpholine rings is 2. The van der Waals surface area contributed by atoms with Crippen LogP contribution in [0, 0.1) is 5.82 Å². The van der Waals surface area contributed by atoms with Crippen molar-refractivity contribution in [1.29, 1.82) is 0 Å². The third kappa shape index (κ3) is 3.96. The number of urea groups is 1. The first-order valence-corrected chi connectivity index (χ1v) is 8.36. The van der Waals surface area contributed by atoms with Crippen molar-refractivity contribution in [2.75, 3.05) is 49.6 Å². The van der Waals surface area contributed by atoms with Crippen LogP contribution >= 0.6 is 0 Å². The van der Waals surface area contributed by atoms with Crippen molar-refractivity contribution in [3.8, 4) is 0 Å². The summed E-state index contributed by atoms with van der Waals surface area (Å²) in [7, 11) is 0. The van der Waals surface area contributed by atoms with Gasteiger partial charge in [-0.05, 0) is 32.0 Å². The molecule has 6 nitrogen and oxygen atoms in total. The van der Waals surface area contributed by atoms with E-state index in [1.54, 1.807) is 17.0 Å². The molecule has 0 spiro atoms. The van der Waals surface area contributed by atoms with Gasteiger partial charge in [0.2, 0.25) is 0 Å². The van der Waals surface area contributed by atoms with Crippen molar-refractivity contribution in [1.82, 2.24) is 4.90 Å². The van der Waals surface area contributed by atoms with Gasteiger partial charge in [0.15, 0.2) is 0 Å². The van der Waals surface area contributed by atoms with Crippen LogP contribution in [0.3, 0.4) is 0 Å². The smallest absolute Gasteiger partial charge is 0.322 e. The SMILES string of the molecule is C[C@@H]1CN(c2ccc(NC(=O)N3CCOCC3)cc2F)C[C@H](C)O1. The lowest BCUT2D eigenvalue weighted by Gasteiger charge is -2.37. The maximum Gasteiger partial charge on any atom is 0.322 e. The number of halogens is 1. The van der Waals surface area contributed by atoms with Gasteiger partial charge in [-0.1, -0.05) is 0 Å². The summed E-state index contributed by atoms with van der Waals surface area (Å²) in [5.41, 5.74) is 1.00. The lowest BCUT2D eigenvalue weighted by atomic mass is 10.2. The maximum atomic E-state index is 14.5. The van der Waals surface area contributed by atoms with Gasteiger partial charge in [0.25, 0.3) is 0 Å². The molecule has 1 N–H and O–H groups in total. The maximum absolute atomic E-state index is 14.5. The predicted molar refractivity (Wildman–Crippen MR) is 90.0 cm³/mol. The van der Waals surface area contributed by atoms with Crippen LogP contribution < -0.4 is 10.2 Å². The minimum absolute atomic E-state index is 0.0637. The molecule has 0 aliphatic carbocycles. The molecular weight excluding hydrogens is 313 g/mol. The predicted octanol–water partition coefficient (Wildman–Crippen LogP) is 2.30. The Morgan fingerprint density at radius 1 is 1.21 bits per heavy atom. The molecule has 0 aromatic heterocycles. The Labute approximate surface area is 141 Å². The first kappa shape index (κ1) is 17.0.